The van der Waals surface area contributed by atoms with Crippen LogP contribution in [0, 0.1) is 0 Å². The number of nitrogens with zero attached hydrogens (tertiary/aromatic N) is 2. The third kappa shape index (κ3) is 3.75. The van der Waals surface area contributed by atoms with Crippen LogP contribution in [0.15, 0.2) is 53.1 Å². The molecule has 0 radical (unpaired) electrons. The summed E-state index contributed by atoms with van der Waals surface area (Å²) in [5.41, 5.74) is 2.86. The van der Waals surface area contributed by atoms with Gasteiger partial charge in [-0.2, -0.15) is 0 Å². The van der Waals surface area contributed by atoms with Crippen LogP contribution in [0.1, 0.15) is 11.3 Å². The van der Waals surface area contributed by atoms with Gasteiger partial charge < -0.3 is 18.6 Å². The number of hydrogen-bond donors (Lipinski definition) is 0. The van der Waals surface area contributed by atoms with Crippen LogP contribution in [0.5, 0.6) is 17.4 Å². The quantitative estimate of drug-likeness (QED) is 0.685. The van der Waals surface area contributed by atoms with Crippen LogP contribution >= 0.6 is 0 Å². The predicted octanol–water partition coefficient (Wildman–Crippen LogP) is 3.75. The Morgan fingerprint density at radius 2 is 2.04 bits per heavy atom. The molecule has 1 aliphatic heterocycles. The van der Waals surface area contributed by atoms with Crippen LogP contribution in [0.2, 0.25) is 0 Å². The van der Waals surface area contributed by atoms with Gasteiger partial charge in [0.15, 0.2) is 11.5 Å². The highest BCUT2D eigenvalue weighted by Crippen LogP contribution is 2.38. The van der Waals surface area contributed by atoms with Crippen LogP contribution in [-0.4, -0.2) is 37.3 Å². The highest BCUT2D eigenvalue weighted by molar-refractivity contribution is 5.67. The lowest BCUT2D eigenvalue weighted by Crippen LogP contribution is -2.25. The Labute approximate surface area is 158 Å². The lowest BCUT2D eigenvalue weighted by molar-refractivity contribution is 0.204. The number of benzene rings is 1. The fourth-order valence-corrected chi connectivity index (χ4v) is 3.28. The zero-order chi connectivity index (χ0) is 18.6. The van der Waals surface area contributed by atoms with E-state index in [0.29, 0.717) is 18.2 Å². The van der Waals surface area contributed by atoms with E-state index in [1.54, 1.807) is 20.5 Å². The van der Waals surface area contributed by atoms with E-state index < -0.39 is 0 Å². The van der Waals surface area contributed by atoms with Gasteiger partial charge in [0.1, 0.15) is 12.4 Å². The van der Waals surface area contributed by atoms with Crippen molar-refractivity contribution < 1.29 is 18.6 Å². The monoisotopic (exact) mass is 366 g/mol. The number of pyridine rings is 1. The first-order valence-electron chi connectivity index (χ1n) is 8.86. The predicted molar refractivity (Wildman–Crippen MR) is 101 cm³/mol. The maximum Gasteiger partial charge on any atom is 0.213 e. The van der Waals surface area contributed by atoms with Crippen LogP contribution in [0.25, 0.3) is 11.3 Å². The van der Waals surface area contributed by atoms with E-state index in [-0.39, 0.29) is 0 Å². The summed E-state index contributed by atoms with van der Waals surface area (Å²) in [5, 5.41) is 0. The molecule has 0 atom stereocenters. The van der Waals surface area contributed by atoms with Gasteiger partial charge in [-0.05, 0) is 30.3 Å². The standard InChI is InChI=1S/C21H22N2O4/c1-24-19-12-15(18-6-3-7-20(22-18)25-2)11-16-13-23(8-10-27-21(16)19)14-17-5-4-9-26-17/h3-7,9,11-12H,8,10,13-14H2,1-2H3. The molecule has 6 nitrogen and oxygen atoms in total. The second-order valence-corrected chi connectivity index (χ2v) is 6.37. The first-order valence-corrected chi connectivity index (χ1v) is 8.86. The molecule has 2 aromatic heterocycles. The molecule has 0 saturated carbocycles. The summed E-state index contributed by atoms with van der Waals surface area (Å²) in [7, 11) is 3.28. The summed E-state index contributed by atoms with van der Waals surface area (Å²) in [6.45, 7) is 2.88. The maximum atomic E-state index is 6.01. The Balaban J connectivity index is 1.69. The summed E-state index contributed by atoms with van der Waals surface area (Å²) >= 11 is 0. The van der Waals surface area contributed by atoms with E-state index in [1.165, 1.54) is 0 Å². The van der Waals surface area contributed by atoms with Crippen molar-refractivity contribution in [3.05, 3.63) is 60.1 Å². The van der Waals surface area contributed by atoms with E-state index in [9.17, 15) is 0 Å². The SMILES string of the molecule is COc1cccc(-c2cc3c(c(OC)c2)OCCN(Cc2ccco2)C3)n1. The molecule has 0 saturated heterocycles. The van der Waals surface area contributed by atoms with Gasteiger partial charge in [-0.3, -0.25) is 4.90 Å². The van der Waals surface area contributed by atoms with Gasteiger partial charge in [0, 0.05) is 30.3 Å². The van der Waals surface area contributed by atoms with Crippen LogP contribution < -0.4 is 14.2 Å². The molecule has 0 aliphatic carbocycles. The van der Waals surface area contributed by atoms with Gasteiger partial charge in [-0.1, -0.05) is 6.07 Å². The molecule has 1 aliphatic rings. The molecule has 4 rings (SSSR count). The molecule has 0 fully saturated rings. The minimum Gasteiger partial charge on any atom is -0.493 e. The smallest absolute Gasteiger partial charge is 0.213 e. The third-order valence-electron chi connectivity index (χ3n) is 4.59. The second kappa shape index (κ2) is 7.72. The molecule has 0 amide bonds. The summed E-state index contributed by atoms with van der Waals surface area (Å²) in [5.74, 6) is 3.03. The maximum absolute atomic E-state index is 6.01. The Hall–Kier alpha value is -2.99. The lowest BCUT2D eigenvalue weighted by atomic mass is 10.0. The number of ether oxygens (including phenoxy) is 3. The highest BCUT2D eigenvalue weighted by atomic mass is 16.5. The second-order valence-electron chi connectivity index (χ2n) is 6.37. The lowest BCUT2D eigenvalue weighted by Gasteiger charge is -2.18. The number of methoxy groups -OCH3 is 2. The van der Waals surface area contributed by atoms with Crippen molar-refractivity contribution in [2.45, 2.75) is 13.1 Å². The minimum atomic E-state index is 0.581. The van der Waals surface area contributed by atoms with Crippen LogP contribution in [0.4, 0.5) is 0 Å². The van der Waals surface area contributed by atoms with Gasteiger partial charge >= 0.3 is 0 Å². The van der Waals surface area contributed by atoms with Crippen molar-refractivity contribution in [2.24, 2.45) is 0 Å². The number of furan rings is 1. The highest BCUT2D eigenvalue weighted by Gasteiger charge is 2.21. The van der Waals surface area contributed by atoms with Crippen molar-refractivity contribution in [1.29, 1.82) is 0 Å². The van der Waals surface area contributed by atoms with Crippen LogP contribution in [-0.2, 0) is 13.1 Å². The van der Waals surface area contributed by atoms with Crippen molar-refractivity contribution in [3.8, 4) is 28.6 Å². The van der Waals surface area contributed by atoms with Gasteiger partial charge in [-0.15, -0.1) is 0 Å². The zero-order valence-corrected chi connectivity index (χ0v) is 15.5. The minimum absolute atomic E-state index is 0.581. The Bertz CT molecular complexity index is 909. The average Bonchev–Trinajstić information content (AvgIpc) is 3.12. The molecular formula is C21H22N2O4. The van der Waals surface area contributed by atoms with E-state index >= 15 is 0 Å². The zero-order valence-electron chi connectivity index (χ0n) is 15.5. The van der Waals surface area contributed by atoms with Gasteiger partial charge in [0.2, 0.25) is 5.88 Å². The molecule has 0 unspecified atom stereocenters. The summed E-state index contributed by atoms with van der Waals surface area (Å²) in [4.78, 5) is 6.84. The molecule has 27 heavy (non-hydrogen) atoms. The molecule has 0 spiro atoms. The van der Waals surface area contributed by atoms with E-state index in [0.717, 1.165) is 48.0 Å². The molecular weight excluding hydrogens is 344 g/mol. The van der Waals surface area contributed by atoms with Gasteiger partial charge in [0.25, 0.3) is 0 Å². The van der Waals surface area contributed by atoms with Gasteiger partial charge in [0.05, 0.1) is 32.7 Å². The fourth-order valence-electron chi connectivity index (χ4n) is 3.28. The Kier molecular flexibility index (Phi) is 4.98. The summed E-state index contributed by atoms with van der Waals surface area (Å²) < 4.78 is 22.4. The van der Waals surface area contributed by atoms with E-state index in [2.05, 4.69) is 16.0 Å². The fraction of sp³-hybridized carbons (Fsp3) is 0.286. The largest absolute Gasteiger partial charge is 0.493 e. The third-order valence-corrected chi connectivity index (χ3v) is 4.59. The first kappa shape index (κ1) is 17.4. The molecule has 1 aromatic carbocycles. The molecule has 3 heterocycles. The first-order chi connectivity index (χ1) is 13.3. The topological polar surface area (TPSA) is 57.0 Å². The normalized spacial score (nSPS) is 14.1. The van der Waals surface area contributed by atoms with Gasteiger partial charge in [-0.25, -0.2) is 4.98 Å². The summed E-state index contributed by atoms with van der Waals surface area (Å²) in [6.07, 6.45) is 1.70. The number of hydrogen-bond acceptors (Lipinski definition) is 6. The Morgan fingerprint density at radius 3 is 2.81 bits per heavy atom. The Morgan fingerprint density at radius 1 is 1.11 bits per heavy atom. The average molecular weight is 366 g/mol. The van der Waals surface area contributed by atoms with Crippen molar-refractivity contribution in [3.63, 3.8) is 0 Å². The summed E-state index contributed by atoms with van der Waals surface area (Å²) in [6, 6.07) is 13.7. The number of fused-ring (bicyclic) bond motifs is 1. The van der Waals surface area contributed by atoms with E-state index in [4.69, 9.17) is 18.6 Å². The van der Waals surface area contributed by atoms with Crippen molar-refractivity contribution in [2.75, 3.05) is 27.4 Å². The number of aromatic nitrogens is 1. The van der Waals surface area contributed by atoms with E-state index in [1.807, 2.05) is 36.4 Å². The molecule has 3 aromatic rings. The molecule has 6 heteroatoms. The van der Waals surface area contributed by atoms with Crippen molar-refractivity contribution in [1.82, 2.24) is 9.88 Å². The molecule has 0 bridgehead atoms. The van der Waals surface area contributed by atoms with Crippen LogP contribution in [0.3, 0.4) is 0 Å². The molecule has 140 valence electrons. The van der Waals surface area contributed by atoms with Crippen molar-refractivity contribution >= 4 is 0 Å². The molecule has 0 N–H and O–H groups in total. The number of rotatable bonds is 5.